The minimum atomic E-state index is 0.136. The van der Waals surface area contributed by atoms with Crippen LogP contribution >= 0.6 is 11.3 Å². The van der Waals surface area contributed by atoms with Crippen LogP contribution in [0.25, 0.3) is 11.0 Å². The Hall–Kier alpha value is -2.21. The number of carbonyl (C=O) groups is 1. The quantitative estimate of drug-likeness (QED) is 0.774. The van der Waals surface area contributed by atoms with Gasteiger partial charge in [0.2, 0.25) is 0 Å². The Morgan fingerprint density at radius 3 is 2.83 bits per heavy atom. The lowest BCUT2D eigenvalue weighted by Crippen LogP contribution is -2.37. The van der Waals surface area contributed by atoms with Crippen LogP contribution in [0.15, 0.2) is 24.5 Å². The van der Waals surface area contributed by atoms with Gasteiger partial charge in [0.1, 0.15) is 10.5 Å². The molecule has 3 aromatic heterocycles. The SMILES string of the molecule is Cc1nc(C)c(C(=O)N2CCC(c3c[nH]c4ncccc34)CC2)s1. The highest BCUT2D eigenvalue weighted by Gasteiger charge is 2.27. The van der Waals surface area contributed by atoms with Crippen molar-refractivity contribution in [2.24, 2.45) is 0 Å². The van der Waals surface area contributed by atoms with E-state index in [0.717, 1.165) is 47.2 Å². The summed E-state index contributed by atoms with van der Waals surface area (Å²) in [7, 11) is 0. The Bertz CT molecular complexity index is 889. The molecule has 0 atom stereocenters. The maximum atomic E-state index is 12.7. The van der Waals surface area contributed by atoms with Gasteiger partial charge < -0.3 is 9.88 Å². The Morgan fingerprint density at radius 2 is 2.12 bits per heavy atom. The molecule has 1 amide bonds. The normalized spacial score (nSPS) is 16.0. The van der Waals surface area contributed by atoms with Crippen molar-refractivity contribution in [1.82, 2.24) is 19.9 Å². The van der Waals surface area contributed by atoms with Crippen LogP contribution in [-0.4, -0.2) is 38.8 Å². The number of pyridine rings is 1. The van der Waals surface area contributed by atoms with Crippen LogP contribution in [0, 0.1) is 13.8 Å². The highest BCUT2D eigenvalue weighted by Crippen LogP contribution is 2.33. The molecule has 0 radical (unpaired) electrons. The highest BCUT2D eigenvalue weighted by molar-refractivity contribution is 7.13. The molecular weight excluding hydrogens is 320 g/mol. The van der Waals surface area contributed by atoms with Gasteiger partial charge in [-0.05, 0) is 50.3 Å². The largest absolute Gasteiger partial charge is 0.346 e. The summed E-state index contributed by atoms with van der Waals surface area (Å²) in [6.45, 7) is 5.47. The van der Waals surface area contributed by atoms with Crippen molar-refractivity contribution in [2.75, 3.05) is 13.1 Å². The first-order valence-electron chi connectivity index (χ1n) is 8.29. The van der Waals surface area contributed by atoms with E-state index in [1.165, 1.54) is 22.3 Å². The lowest BCUT2D eigenvalue weighted by Gasteiger charge is -2.31. The van der Waals surface area contributed by atoms with Crippen LogP contribution in [0.4, 0.5) is 0 Å². The monoisotopic (exact) mass is 340 g/mol. The predicted octanol–water partition coefficient (Wildman–Crippen LogP) is 3.66. The van der Waals surface area contributed by atoms with E-state index >= 15 is 0 Å². The van der Waals surface area contributed by atoms with E-state index in [1.54, 1.807) is 0 Å². The van der Waals surface area contributed by atoms with E-state index in [-0.39, 0.29) is 5.91 Å². The third kappa shape index (κ3) is 2.60. The van der Waals surface area contributed by atoms with Crippen molar-refractivity contribution in [3.8, 4) is 0 Å². The van der Waals surface area contributed by atoms with Gasteiger partial charge >= 0.3 is 0 Å². The number of thiazole rings is 1. The molecule has 5 nitrogen and oxygen atoms in total. The lowest BCUT2D eigenvalue weighted by molar-refractivity contribution is 0.0717. The van der Waals surface area contributed by atoms with E-state index in [1.807, 2.05) is 31.0 Å². The molecule has 0 bridgehead atoms. The number of piperidine rings is 1. The van der Waals surface area contributed by atoms with E-state index in [9.17, 15) is 4.79 Å². The van der Waals surface area contributed by atoms with Crippen molar-refractivity contribution >= 4 is 28.3 Å². The van der Waals surface area contributed by atoms with Gasteiger partial charge in [-0.3, -0.25) is 4.79 Å². The van der Waals surface area contributed by atoms with E-state index < -0.39 is 0 Å². The first-order valence-corrected chi connectivity index (χ1v) is 9.10. The fraction of sp³-hybridized carbons (Fsp3) is 0.389. The Balaban J connectivity index is 1.49. The Morgan fingerprint density at radius 1 is 1.33 bits per heavy atom. The zero-order chi connectivity index (χ0) is 16.7. The summed E-state index contributed by atoms with van der Waals surface area (Å²) >= 11 is 1.50. The number of aromatic nitrogens is 3. The van der Waals surface area contributed by atoms with E-state index in [0.29, 0.717) is 5.92 Å². The second kappa shape index (κ2) is 6.02. The minimum absolute atomic E-state index is 0.136. The van der Waals surface area contributed by atoms with E-state index in [4.69, 9.17) is 0 Å². The maximum absolute atomic E-state index is 12.7. The molecule has 0 aliphatic carbocycles. The second-order valence-corrected chi connectivity index (χ2v) is 7.56. The summed E-state index contributed by atoms with van der Waals surface area (Å²) in [6.07, 6.45) is 5.87. The molecule has 0 aromatic carbocycles. The van der Waals surface area contributed by atoms with Crippen molar-refractivity contribution in [2.45, 2.75) is 32.6 Å². The van der Waals surface area contributed by atoms with E-state index in [2.05, 4.69) is 27.2 Å². The first-order chi connectivity index (χ1) is 11.6. The Kier molecular flexibility index (Phi) is 3.84. The zero-order valence-corrected chi connectivity index (χ0v) is 14.7. The number of aromatic amines is 1. The molecule has 0 unspecified atom stereocenters. The van der Waals surface area contributed by atoms with Crippen LogP contribution in [0.1, 0.15) is 44.7 Å². The lowest BCUT2D eigenvalue weighted by atomic mass is 9.89. The molecule has 1 fully saturated rings. The highest BCUT2D eigenvalue weighted by atomic mass is 32.1. The van der Waals surface area contributed by atoms with Gasteiger partial charge in [-0.15, -0.1) is 11.3 Å². The van der Waals surface area contributed by atoms with Crippen LogP contribution in [0.5, 0.6) is 0 Å². The van der Waals surface area contributed by atoms with Gasteiger partial charge in [-0.1, -0.05) is 0 Å². The number of likely N-dealkylation sites (tertiary alicyclic amines) is 1. The van der Waals surface area contributed by atoms with Crippen molar-refractivity contribution in [3.05, 3.63) is 45.7 Å². The molecule has 1 saturated heterocycles. The summed E-state index contributed by atoms with van der Waals surface area (Å²) in [5.41, 5.74) is 3.13. The predicted molar refractivity (Wildman–Crippen MR) is 95.6 cm³/mol. The van der Waals surface area contributed by atoms with Gasteiger partial charge in [0.25, 0.3) is 5.91 Å². The molecule has 0 saturated carbocycles. The van der Waals surface area contributed by atoms with Crippen molar-refractivity contribution in [1.29, 1.82) is 0 Å². The van der Waals surface area contributed by atoms with Crippen molar-refractivity contribution in [3.63, 3.8) is 0 Å². The van der Waals surface area contributed by atoms with Crippen LogP contribution in [0.3, 0.4) is 0 Å². The van der Waals surface area contributed by atoms with Gasteiger partial charge in [-0.2, -0.15) is 0 Å². The number of hydrogen-bond donors (Lipinski definition) is 1. The molecule has 1 aliphatic heterocycles. The molecule has 24 heavy (non-hydrogen) atoms. The summed E-state index contributed by atoms with van der Waals surface area (Å²) < 4.78 is 0. The van der Waals surface area contributed by atoms with Gasteiger partial charge in [0, 0.05) is 30.9 Å². The molecule has 3 aromatic rings. The molecule has 1 N–H and O–H groups in total. The molecule has 4 heterocycles. The summed E-state index contributed by atoms with van der Waals surface area (Å²) in [5, 5.41) is 2.16. The molecule has 1 aliphatic rings. The smallest absolute Gasteiger partial charge is 0.265 e. The number of carbonyl (C=O) groups excluding carboxylic acids is 1. The fourth-order valence-corrected chi connectivity index (χ4v) is 4.47. The maximum Gasteiger partial charge on any atom is 0.265 e. The third-order valence-electron chi connectivity index (χ3n) is 4.80. The third-order valence-corrected chi connectivity index (χ3v) is 5.86. The summed E-state index contributed by atoms with van der Waals surface area (Å²) in [4.78, 5) is 27.5. The Labute approximate surface area is 144 Å². The van der Waals surface area contributed by atoms with Gasteiger partial charge in [-0.25, -0.2) is 9.97 Å². The van der Waals surface area contributed by atoms with Crippen LogP contribution in [0.2, 0.25) is 0 Å². The molecular formula is C18H20N4OS. The first kappa shape index (κ1) is 15.3. The number of amides is 1. The average Bonchev–Trinajstić information content (AvgIpc) is 3.17. The topological polar surface area (TPSA) is 61.9 Å². The van der Waals surface area contributed by atoms with Crippen LogP contribution in [-0.2, 0) is 0 Å². The fourth-order valence-electron chi connectivity index (χ4n) is 3.58. The number of hydrogen-bond acceptors (Lipinski definition) is 4. The molecule has 0 spiro atoms. The number of fused-ring (bicyclic) bond motifs is 1. The second-order valence-electron chi connectivity index (χ2n) is 6.36. The molecule has 6 heteroatoms. The number of rotatable bonds is 2. The standard InChI is InChI=1S/C18H20N4OS/c1-11-16(24-12(2)21-11)18(23)22-8-5-13(6-9-22)15-10-20-17-14(15)4-3-7-19-17/h3-4,7,10,13H,5-6,8-9H2,1-2H3,(H,19,20). The average molecular weight is 340 g/mol. The zero-order valence-electron chi connectivity index (χ0n) is 13.9. The number of nitrogens with zero attached hydrogens (tertiary/aromatic N) is 3. The minimum Gasteiger partial charge on any atom is -0.346 e. The van der Waals surface area contributed by atoms with Gasteiger partial charge in [0.15, 0.2) is 0 Å². The van der Waals surface area contributed by atoms with Crippen LogP contribution < -0.4 is 0 Å². The summed E-state index contributed by atoms with van der Waals surface area (Å²) in [5.74, 6) is 0.619. The summed E-state index contributed by atoms with van der Waals surface area (Å²) in [6, 6.07) is 4.10. The number of aryl methyl sites for hydroxylation is 2. The molecule has 124 valence electrons. The number of nitrogens with one attached hydrogen (secondary N) is 1. The van der Waals surface area contributed by atoms with Crippen molar-refractivity contribution < 1.29 is 4.79 Å². The number of H-pyrrole nitrogens is 1. The molecule has 4 rings (SSSR count). The van der Waals surface area contributed by atoms with Gasteiger partial charge in [0.05, 0.1) is 10.7 Å².